The quantitative estimate of drug-likeness (QED) is 0.240. The van der Waals surface area contributed by atoms with Crippen molar-refractivity contribution in [3.8, 4) is 0 Å². The monoisotopic (exact) mass is 414 g/mol. The number of anilines is 1. The maximum atomic E-state index is 12.7. The molecular weight excluding hydrogens is 388 g/mol. The topological polar surface area (TPSA) is 99.0 Å². The molecule has 4 rings (SSSR count). The predicted octanol–water partition coefficient (Wildman–Crippen LogP) is 4.12. The first-order valence-electron chi connectivity index (χ1n) is 10.7. The first kappa shape index (κ1) is 20.4. The second kappa shape index (κ2) is 8.08. The molecule has 160 valence electrons. The molecule has 1 saturated carbocycles. The van der Waals surface area contributed by atoms with Gasteiger partial charge in [0.25, 0.3) is 11.5 Å². The van der Waals surface area contributed by atoms with Gasteiger partial charge in [-0.1, -0.05) is 6.92 Å². The fraction of sp³-hybridized carbons (Fsp3) is 0.545. The van der Waals surface area contributed by atoms with Crippen LogP contribution in [0.15, 0.2) is 23.8 Å². The van der Waals surface area contributed by atoms with Gasteiger partial charge < -0.3 is 14.4 Å². The molecule has 2 aliphatic heterocycles. The fourth-order valence-corrected chi connectivity index (χ4v) is 4.72. The highest BCUT2D eigenvalue weighted by Gasteiger charge is 2.48. The zero-order chi connectivity index (χ0) is 21.3. The highest BCUT2D eigenvalue weighted by atomic mass is 16.7. The molecule has 0 amide bonds. The van der Waals surface area contributed by atoms with Gasteiger partial charge in [-0.3, -0.25) is 10.1 Å². The van der Waals surface area contributed by atoms with Crippen LogP contribution < -0.4 is 4.90 Å². The fourth-order valence-electron chi connectivity index (χ4n) is 4.72. The first-order valence-corrected chi connectivity index (χ1v) is 10.7. The minimum atomic E-state index is -1.14. The average molecular weight is 414 g/mol. The van der Waals surface area contributed by atoms with E-state index >= 15 is 0 Å². The minimum Gasteiger partial charge on any atom is -0.419 e. The molecule has 2 saturated heterocycles. The summed E-state index contributed by atoms with van der Waals surface area (Å²) < 4.78 is 11.0. The Kier molecular flexibility index (Phi) is 5.49. The zero-order valence-electron chi connectivity index (χ0n) is 17.1. The van der Waals surface area contributed by atoms with Crippen LogP contribution in [0.4, 0.5) is 11.4 Å². The number of non-ortho nitro benzene ring substituents is 1. The van der Waals surface area contributed by atoms with E-state index < -0.39 is 22.6 Å². The van der Waals surface area contributed by atoms with Crippen LogP contribution in [0, 0.1) is 10.1 Å². The molecule has 1 aromatic carbocycles. The van der Waals surface area contributed by atoms with Crippen LogP contribution in [0.2, 0.25) is 0 Å². The van der Waals surface area contributed by atoms with Crippen LogP contribution in [0.3, 0.4) is 0 Å². The number of rotatable bonds is 4. The Morgan fingerprint density at radius 3 is 2.50 bits per heavy atom. The molecule has 0 bridgehead atoms. The number of ether oxygens (including phenoxy) is 2. The van der Waals surface area contributed by atoms with Crippen molar-refractivity contribution in [2.45, 2.75) is 70.1 Å². The number of hydrogen-bond acceptors (Lipinski definition) is 7. The van der Waals surface area contributed by atoms with Crippen molar-refractivity contribution in [2.24, 2.45) is 0 Å². The summed E-state index contributed by atoms with van der Waals surface area (Å²) in [6.45, 7) is 2.94. The molecule has 1 atom stereocenters. The molecule has 1 aromatic rings. The SMILES string of the molecule is CC[C@H]1CCCCN1c1ccc([N+](=O)[O-])cc1C=C1C(=O)OC2(CCCC2)OC1=O. The summed E-state index contributed by atoms with van der Waals surface area (Å²) in [7, 11) is 0. The van der Waals surface area contributed by atoms with Crippen LogP contribution in [0.1, 0.15) is 63.9 Å². The molecule has 0 aromatic heterocycles. The number of hydrogen-bond donors (Lipinski definition) is 0. The number of nitro groups is 1. The molecule has 1 aliphatic carbocycles. The largest absolute Gasteiger partial charge is 0.419 e. The lowest BCUT2D eigenvalue weighted by atomic mass is 9.97. The highest BCUT2D eigenvalue weighted by Crippen LogP contribution is 2.39. The van der Waals surface area contributed by atoms with Gasteiger partial charge in [0.1, 0.15) is 5.57 Å². The molecule has 30 heavy (non-hydrogen) atoms. The van der Waals surface area contributed by atoms with Gasteiger partial charge in [0.2, 0.25) is 0 Å². The number of nitro benzene ring substituents is 1. The van der Waals surface area contributed by atoms with E-state index in [-0.39, 0.29) is 11.3 Å². The Labute approximate surface area is 175 Å². The maximum absolute atomic E-state index is 12.7. The van der Waals surface area contributed by atoms with Crippen molar-refractivity contribution in [3.05, 3.63) is 39.4 Å². The van der Waals surface area contributed by atoms with E-state index in [0.29, 0.717) is 24.4 Å². The first-order chi connectivity index (χ1) is 14.4. The number of nitrogens with zero attached hydrogens (tertiary/aromatic N) is 2. The predicted molar refractivity (Wildman–Crippen MR) is 110 cm³/mol. The summed E-state index contributed by atoms with van der Waals surface area (Å²) in [5.74, 6) is -2.59. The number of piperidine rings is 1. The summed E-state index contributed by atoms with van der Waals surface area (Å²) in [6.07, 6.45) is 8.21. The van der Waals surface area contributed by atoms with E-state index in [9.17, 15) is 19.7 Å². The third kappa shape index (κ3) is 3.78. The molecule has 8 heteroatoms. The van der Waals surface area contributed by atoms with Crippen molar-refractivity contribution in [3.63, 3.8) is 0 Å². The normalized spacial score (nSPS) is 23.3. The number of carbonyl (C=O) groups is 2. The van der Waals surface area contributed by atoms with Gasteiger partial charge in [0, 0.05) is 48.8 Å². The minimum absolute atomic E-state index is 0.0968. The van der Waals surface area contributed by atoms with Gasteiger partial charge in [-0.25, -0.2) is 9.59 Å². The van der Waals surface area contributed by atoms with E-state index in [0.717, 1.165) is 50.8 Å². The third-order valence-electron chi connectivity index (χ3n) is 6.29. The van der Waals surface area contributed by atoms with Crippen molar-refractivity contribution in [1.82, 2.24) is 0 Å². The Morgan fingerprint density at radius 2 is 1.87 bits per heavy atom. The van der Waals surface area contributed by atoms with Gasteiger partial charge in [0.15, 0.2) is 0 Å². The number of esters is 2. The van der Waals surface area contributed by atoms with Crippen molar-refractivity contribution >= 4 is 29.4 Å². The molecule has 8 nitrogen and oxygen atoms in total. The lowest BCUT2D eigenvalue weighted by Crippen LogP contribution is -2.44. The lowest BCUT2D eigenvalue weighted by Gasteiger charge is -2.38. The maximum Gasteiger partial charge on any atom is 0.348 e. The Morgan fingerprint density at radius 1 is 1.17 bits per heavy atom. The zero-order valence-corrected chi connectivity index (χ0v) is 17.1. The molecule has 2 heterocycles. The second-order valence-corrected chi connectivity index (χ2v) is 8.21. The molecular formula is C22H26N2O6. The summed E-state index contributed by atoms with van der Waals surface area (Å²) in [6, 6.07) is 4.88. The molecule has 3 aliphatic rings. The Bertz CT molecular complexity index is 881. The van der Waals surface area contributed by atoms with Crippen LogP contribution in [-0.4, -0.2) is 35.2 Å². The molecule has 1 spiro atoms. The van der Waals surface area contributed by atoms with Crippen LogP contribution >= 0.6 is 0 Å². The third-order valence-corrected chi connectivity index (χ3v) is 6.29. The van der Waals surface area contributed by atoms with E-state index in [4.69, 9.17) is 9.47 Å². The van der Waals surface area contributed by atoms with Gasteiger partial charge in [-0.15, -0.1) is 0 Å². The smallest absolute Gasteiger partial charge is 0.348 e. The van der Waals surface area contributed by atoms with E-state index in [1.165, 1.54) is 18.2 Å². The van der Waals surface area contributed by atoms with Crippen LogP contribution in [0.5, 0.6) is 0 Å². The van der Waals surface area contributed by atoms with Gasteiger partial charge in [0.05, 0.1) is 4.92 Å². The Hall–Kier alpha value is -2.90. The van der Waals surface area contributed by atoms with E-state index in [1.54, 1.807) is 6.07 Å². The summed E-state index contributed by atoms with van der Waals surface area (Å²) in [5, 5.41) is 11.3. The number of benzene rings is 1. The molecule has 0 unspecified atom stereocenters. The van der Waals surface area contributed by atoms with Gasteiger partial charge in [-0.2, -0.15) is 0 Å². The highest BCUT2D eigenvalue weighted by molar-refractivity contribution is 6.19. The Balaban J connectivity index is 1.73. The average Bonchev–Trinajstić information content (AvgIpc) is 3.17. The standard InChI is InChI=1S/C22H26N2O6/c1-2-16-7-3-6-12-23(16)19-9-8-17(24(27)28)13-15(19)14-18-20(25)29-22(30-21(18)26)10-4-5-11-22/h8-9,13-14,16H,2-7,10-12H2,1H3/t16-/m0/s1. The van der Waals surface area contributed by atoms with E-state index in [1.807, 2.05) is 0 Å². The molecule has 3 fully saturated rings. The number of carbonyl (C=O) groups excluding carboxylic acids is 2. The van der Waals surface area contributed by atoms with Crippen LogP contribution in [-0.2, 0) is 19.1 Å². The van der Waals surface area contributed by atoms with Crippen molar-refractivity contribution in [2.75, 3.05) is 11.4 Å². The summed E-state index contributed by atoms with van der Waals surface area (Å²) in [5.41, 5.74) is 0.914. The molecule has 0 radical (unpaired) electrons. The van der Waals surface area contributed by atoms with Crippen molar-refractivity contribution in [1.29, 1.82) is 0 Å². The summed E-state index contributed by atoms with van der Waals surface area (Å²) in [4.78, 5) is 38.4. The second-order valence-electron chi connectivity index (χ2n) is 8.21. The van der Waals surface area contributed by atoms with Gasteiger partial charge in [-0.05, 0) is 50.7 Å². The van der Waals surface area contributed by atoms with Crippen molar-refractivity contribution < 1.29 is 24.0 Å². The lowest BCUT2D eigenvalue weighted by molar-refractivity contribution is -0.384. The van der Waals surface area contributed by atoms with Crippen LogP contribution in [0.25, 0.3) is 6.08 Å². The summed E-state index contributed by atoms with van der Waals surface area (Å²) >= 11 is 0. The molecule has 0 N–H and O–H groups in total. The van der Waals surface area contributed by atoms with E-state index in [2.05, 4.69) is 11.8 Å². The van der Waals surface area contributed by atoms with Gasteiger partial charge >= 0.3 is 11.9 Å².